The van der Waals surface area contributed by atoms with E-state index < -0.39 is 5.41 Å². The Morgan fingerprint density at radius 2 is 2.00 bits per heavy atom. The van der Waals surface area contributed by atoms with E-state index in [1.54, 1.807) is 12.3 Å². The lowest BCUT2D eigenvalue weighted by atomic mass is 9.72. The van der Waals surface area contributed by atoms with Crippen molar-refractivity contribution in [3.63, 3.8) is 0 Å². The minimum absolute atomic E-state index is 0.0972. The van der Waals surface area contributed by atoms with Crippen LogP contribution in [0.1, 0.15) is 31.2 Å². The summed E-state index contributed by atoms with van der Waals surface area (Å²) in [5.74, 6) is 0.653. The van der Waals surface area contributed by atoms with E-state index in [2.05, 4.69) is 22.1 Å². The topological polar surface area (TPSA) is 73.8 Å². The van der Waals surface area contributed by atoms with E-state index in [1.165, 1.54) is 7.11 Å². The van der Waals surface area contributed by atoms with E-state index in [1.807, 2.05) is 23.1 Å². The molecule has 0 spiro atoms. The van der Waals surface area contributed by atoms with Gasteiger partial charge in [-0.1, -0.05) is 30.3 Å². The Bertz CT molecular complexity index is 824. The van der Waals surface area contributed by atoms with Crippen molar-refractivity contribution < 1.29 is 19.0 Å². The molecule has 0 radical (unpaired) electrons. The fourth-order valence-electron chi connectivity index (χ4n) is 4.28. The monoisotopic (exact) mass is 397 g/mol. The number of likely N-dealkylation sites (tertiary alicyclic amines) is 1. The Balaban J connectivity index is 1.51. The van der Waals surface area contributed by atoms with Gasteiger partial charge in [-0.3, -0.25) is 4.79 Å². The largest absolute Gasteiger partial charge is 0.472 e. The third kappa shape index (κ3) is 4.19. The van der Waals surface area contributed by atoms with Crippen LogP contribution in [0.3, 0.4) is 0 Å². The first-order valence-electron chi connectivity index (χ1n) is 10.2. The summed E-state index contributed by atoms with van der Waals surface area (Å²) < 4.78 is 16.7. The average molecular weight is 397 g/mol. The Hall–Kier alpha value is -2.67. The third-order valence-electron chi connectivity index (χ3n) is 5.83. The lowest BCUT2D eigenvalue weighted by molar-refractivity contribution is -0.144. The Morgan fingerprint density at radius 3 is 2.76 bits per heavy atom. The summed E-state index contributed by atoms with van der Waals surface area (Å²) in [7, 11) is 1.52. The van der Waals surface area contributed by atoms with Gasteiger partial charge in [-0.15, -0.1) is 0 Å². The summed E-state index contributed by atoms with van der Waals surface area (Å²) in [4.78, 5) is 23.9. The van der Waals surface area contributed by atoms with Gasteiger partial charge >= 0.3 is 6.01 Å². The highest BCUT2D eigenvalue weighted by molar-refractivity contribution is 5.88. The molecule has 29 heavy (non-hydrogen) atoms. The first-order chi connectivity index (χ1) is 14.2. The zero-order valence-corrected chi connectivity index (χ0v) is 16.8. The molecule has 2 aromatic rings. The number of hydrogen-bond acceptors (Lipinski definition) is 6. The van der Waals surface area contributed by atoms with Crippen molar-refractivity contribution in [2.45, 2.75) is 37.2 Å². The van der Waals surface area contributed by atoms with Crippen molar-refractivity contribution in [2.75, 3.05) is 33.4 Å². The molecular weight excluding hydrogens is 370 g/mol. The number of piperidine rings is 1. The van der Waals surface area contributed by atoms with Gasteiger partial charge in [-0.2, -0.15) is 4.98 Å². The highest BCUT2D eigenvalue weighted by atomic mass is 16.5. The second-order valence-corrected chi connectivity index (χ2v) is 7.58. The Labute approximate surface area is 171 Å². The molecule has 7 heteroatoms. The molecule has 3 heterocycles. The lowest BCUT2D eigenvalue weighted by Gasteiger charge is -2.42. The van der Waals surface area contributed by atoms with Gasteiger partial charge in [0.2, 0.25) is 11.8 Å². The summed E-state index contributed by atoms with van der Waals surface area (Å²) in [5.41, 5.74) is 0.566. The summed E-state index contributed by atoms with van der Waals surface area (Å²) in [6, 6.07) is 12.1. The van der Waals surface area contributed by atoms with Gasteiger partial charge in [0, 0.05) is 32.0 Å². The van der Waals surface area contributed by atoms with Crippen LogP contribution in [0.25, 0.3) is 0 Å². The number of methoxy groups -OCH3 is 1. The van der Waals surface area contributed by atoms with Crippen molar-refractivity contribution in [1.82, 2.24) is 14.9 Å². The van der Waals surface area contributed by atoms with Crippen molar-refractivity contribution in [3.05, 3.63) is 48.2 Å². The minimum Gasteiger partial charge on any atom is -0.472 e. The molecule has 154 valence electrons. The molecule has 0 N–H and O–H groups in total. The second-order valence-electron chi connectivity index (χ2n) is 7.58. The van der Waals surface area contributed by atoms with Crippen LogP contribution in [0.5, 0.6) is 11.9 Å². The van der Waals surface area contributed by atoms with Crippen LogP contribution < -0.4 is 9.47 Å². The van der Waals surface area contributed by atoms with Crippen LogP contribution in [-0.4, -0.2) is 60.3 Å². The molecule has 1 aromatic heterocycles. The quantitative estimate of drug-likeness (QED) is 0.772. The molecule has 2 fully saturated rings. The number of amides is 1. The fraction of sp³-hybridized carbons (Fsp3) is 0.500. The van der Waals surface area contributed by atoms with Crippen molar-refractivity contribution in [3.8, 4) is 11.9 Å². The molecule has 0 bridgehead atoms. The number of carbonyl (C=O) groups is 1. The highest BCUT2D eigenvalue weighted by Crippen LogP contribution is 2.37. The maximum absolute atomic E-state index is 13.7. The van der Waals surface area contributed by atoms with Gasteiger partial charge in [-0.05, 0) is 31.2 Å². The molecule has 2 aliphatic heterocycles. The number of benzene rings is 1. The molecule has 2 aliphatic rings. The summed E-state index contributed by atoms with van der Waals surface area (Å²) in [6.45, 7) is 2.52. The predicted molar refractivity (Wildman–Crippen MR) is 107 cm³/mol. The molecule has 1 unspecified atom stereocenters. The zero-order chi connectivity index (χ0) is 20.1. The minimum atomic E-state index is -0.514. The predicted octanol–water partition coefficient (Wildman–Crippen LogP) is 2.60. The van der Waals surface area contributed by atoms with Gasteiger partial charge in [0.1, 0.15) is 6.10 Å². The van der Waals surface area contributed by atoms with Crippen LogP contribution in [0.2, 0.25) is 0 Å². The molecule has 0 saturated carbocycles. The first-order valence-corrected chi connectivity index (χ1v) is 10.2. The number of ether oxygens (including phenoxy) is 3. The first kappa shape index (κ1) is 19.6. The van der Waals surface area contributed by atoms with Gasteiger partial charge in [-0.25, -0.2) is 4.98 Å². The van der Waals surface area contributed by atoms with Crippen LogP contribution in [-0.2, 0) is 14.9 Å². The lowest BCUT2D eigenvalue weighted by Crippen LogP contribution is -2.54. The van der Waals surface area contributed by atoms with Crippen LogP contribution in [0.15, 0.2) is 42.6 Å². The van der Waals surface area contributed by atoms with Gasteiger partial charge in [0.25, 0.3) is 0 Å². The summed E-state index contributed by atoms with van der Waals surface area (Å²) in [5, 5.41) is 0. The summed E-state index contributed by atoms with van der Waals surface area (Å²) in [6.07, 6.45) is 4.72. The van der Waals surface area contributed by atoms with E-state index >= 15 is 0 Å². The zero-order valence-electron chi connectivity index (χ0n) is 16.8. The second kappa shape index (κ2) is 8.78. The van der Waals surface area contributed by atoms with Crippen molar-refractivity contribution in [2.24, 2.45) is 0 Å². The number of aromatic nitrogens is 2. The smallest absolute Gasteiger partial charge is 0.319 e. The van der Waals surface area contributed by atoms with E-state index in [-0.39, 0.29) is 18.0 Å². The number of carbonyl (C=O) groups excluding carboxylic acids is 1. The third-order valence-corrected chi connectivity index (χ3v) is 5.83. The normalized spacial score (nSPS) is 21.4. The Morgan fingerprint density at radius 1 is 1.21 bits per heavy atom. The molecule has 1 atom stereocenters. The average Bonchev–Trinajstić information content (AvgIpc) is 2.80. The number of nitrogens with zero attached hydrogens (tertiary/aromatic N) is 3. The van der Waals surface area contributed by atoms with Crippen LogP contribution >= 0.6 is 0 Å². The maximum atomic E-state index is 13.7. The molecule has 2 saturated heterocycles. The van der Waals surface area contributed by atoms with Crippen LogP contribution in [0, 0.1) is 0 Å². The molecule has 7 nitrogen and oxygen atoms in total. The van der Waals surface area contributed by atoms with E-state index in [4.69, 9.17) is 14.2 Å². The standard InChI is InChI=1S/C22H27N3O4/c1-27-21-23-12-9-19(24-21)29-18-8-5-13-25(16-18)20(26)22(10-14-28-15-11-22)17-6-3-2-4-7-17/h2-4,6-7,9,12,18H,5,8,10-11,13-16H2,1H3. The summed E-state index contributed by atoms with van der Waals surface area (Å²) >= 11 is 0. The molecule has 0 aliphatic carbocycles. The van der Waals surface area contributed by atoms with E-state index in [0.29, 0.717) is 38.5 Å². The maximum Gasteiger partial charge on any atom is 0.319 e. The molecule has 1 amide bonds. The molecule has 1 aromatic carbocycles. The fourth-order valence-corrected chi connectivity index (χ4v) is 4.28. The SMILES string of the molecule is COc1nccc(OC2CCCN(C(=O)C3(c4ccccc4)CCOCC3)C2)n1. The molecule has 4 rings (SSSR count). The number of rotatable bonds is 5. The van der Waals surface area contributed by atoms with Crippen molar-refractivity contribution >= 4 is 5.91 Å². The highest BCUT2D eigenvalue weighted by Gasteiger charge is 2.45. The molecular formula is C22H27N3O4. The van der Waals surface area contributed by atoms with Crippen molar-refractivity contribution in [1.29, 1.82) is 0 Å². The van der Waals surface area contributed by atoms with Gasteiger partial charge < -0.3 is 19.1 Å². The van der Waals surface area contributed by atoms with Gasteiger partial charge in [0.15, 0.2) is 0 Å². The van der Waals surface area contributed by atoms with E-state index in [0.717, 1.165) is 24.9 Å². The van der Waals surface area contributed by atoms with E-state index in [9.17, 15) is 4.79 Å². The Kier molecular flexibility index (Phi) is 5.94. The van der Waals surface area contributed by atoms with Gasteiger partial charge in [0.05, 0.1) is 19.1 Å². The van der Waals surface area contributed by atoms with Crippen LogP contribution in [0.4, 0.5) is 0 Å². The number of hydrogen-bond donors (Lipinski definition) is 0.